The van der Waals surface area contributed by atoms with E-state index in [4.69, 9.17) is 0 Å². The van der Waals surface area contributed by atoms with Crippen LogP contribution >= 0.6 is 11.5 Å². The zero-order valence-electron chi connectivity index (χ0n) is 21.4. The smallest absolute Gasteiger partial charge is 0.267 e. The van der Waals surface area contributed by atoms with Gasteiger partial charge in [-0.25, -0.2) is 0 Å². The van der Waals surface area contributed by atoms with Gasteiger partial charge in [0.05, 0.1) is 17.1 Å². The summed E-state index contributed by atoms with van der Waals surface area (Å²) in [6.45, 7) is 7.05. The first kappa shape index (κ1) is 25.8. The Balaban J connectivity index is 1.37. The Morgan fingerprint density at radius 2 is 1.63 bits per heavy atom. The first-order valence-electron chi connectivity index (χ1n) is 12.8. The number of hydrogen-bond acceptors (Lipinski definition) is 8. The van der Waals surface area contributed by atoms with Crippen molar-refractivity contribution in [2.24, 2.45) is 0 Å². The molecule has 0 radical (unpaired) electrons. The normalized spacial score (nSPS) is 16.2. The fourth-order valence-electron chi connectivity index (χ4n) is 4.78. The lowest BCUT2D eigenvalue weighted by atomic mass is 10.1. The van der Waals surface area contributed by atoms with Crippen LogP contribution in [0.3, 0.4) is 0 Å². The van der Waals surface area contributed by atoms with Crippen LogP contribution in [-0.2, 0) is 0 Å². The SMILES string of the molecule is Cc1nnsc1C(=O)N1CCN(c2ccc(C(=O)N3CCCNCC3)cc2NC(=O)c2ccccc2)CC1. The van der Waals surface area contributed by atoms with Crippen molar-refractivity contribution in [2.45, 2.75) is 13.3 Å². The molecule has 2 fully saturated rings. The predicted molar refractivity (Wildman–Crippen MR) is 147 cm³/mol. The second kappa shape index (κ2) is 11.7. The van der Waals surface area contributed by atoms with Gasteiger partial charge in [0.2, 0.25) is 0 Å². The third kappa shape index (κ3) is 5.68. The molecule has 0 atom stereocenters. The van der Waals surface area contributed by atoms with Crippen molar-refractivity contribution < 1.29 is 14.4 Å². The van der Waals surface area contributed by atoms with Gasteiger partial charge in [0, 0.05) is 56.9 Å². The molecule has 5 rings (SSSR count). The Bertz CT molecular complexity index is 1300. The maximum atomic E-state index is 13.3. The summed E-state index contributed by atoms with van der Waals surface area (Å²) in [6.07, 6.45) is 0.904. The number of anilines is 2. The van der Waals surface area contributed by atoms with Crippen molar-refractivity contribution in [3.8, 4) is 0 Å². The molecule has 0 aliphatic carbocycles. The van der Waals surface area contributed by atoms with Crippen molar-refractivity contribution in [2.75, 3.05) is 62.6 Å². The van der Waals surface area contributed by atoms with E-state index in [9.17, 15) is 14.4 Å². The summed E-state index contributed by atoms with van der Waals surface area (Å²) in [6, 6.07) is 14.5. The summed E-state index contributed by atoms with van der Waals surface area (Å²) in [5.41, 5.74) is 3.14. The van der Waals surface area contributed by atoms with Crippen LogP contribution in [0.1, 0.15) is 42.5 Å². The first-order valence-corrected chi connectivity index (χ1v) is 13.6. The van der Waals surface area contributed by atoms with Crippen molar-refractivity contribution in [3.05, 3.63) is 70.2 Å². The van der Waals surface area contributed by atoms with Crippen molar-refractivity contribution in [1.29, 1.82) is 0 Å². The molecule has 3 amide bonds. The van der Waals surface area contributed by atoms with E-state index >= 15 is 0 Å². The van der Waals surface area contributed by atoms with Gasteiger partial charge >= 0.3 is 0 Å². The highest BCUT2D eigenvalue weighted by atomic mass is 32.1. The molecule has 2 aliphatic heterocycles. The van der Waals surface area contributed by atoms with Gasteiger partial charge in [-0.05, 0) is 61.8 Å². The van der Waals surface area contributed by atoms with E-state index in [-0.39, 0.29) is 17.7 Å². The second-order valence-electron chi connectivity index (χ2n) is 9.41. The van der Waals surface area contributed by atoms with Gasteiger partial charge in [-0.3, -0.25) is 14.4 Å². The maximum absolute atomic E-state index is 13.3. The lowest BCUT2D eigenvalue weighted by Gasteiger charge is -2.37. The molecule has 0 spiro atoms. The van der Waals surface area contributed by atoms with E-state index in [1.165, 1.54) is 0 Å². The Kier molecular flexibility index (Phi) is 7.94. The average Bonchev–Trinajstić information content (AvgIpc) is 3.20. The number of hydrogen-bond donors (Lipinski definition) is 2. The molecule has 2 aromatic carbocycles. The van der Waals surface area contributed by atoms with E-state index in [2.05, 4.69) is 25.1 Å². The lowest BCUT2D eigenvalue weighted by Crippen LogP contribution is -2.49. The summed E-state index contributed by atoms with van der Waals surface area (Å²) >= 11 is 1.12. The van der Waals surface area contributed by atoms with Crippen LogP contribution in [0.5, 0.6) is 0 Å². The average molecular weight is 534 g/mol. The molecular formula is C27H31N7O3S. The number of nitrogens with zero attached hydrogens (tertiary/aromatic N) is 5. The minimum atomic E-state index is -0.239. The van der Waals surface area contributed by atoms with Gasteiger partial charge in [0.1, 0.15) is 4.88 Å². The van der Waals surface area contributed by atoms with E-state index < -0.39 is 0 Å². The molecule has 2 saturated heterocycles. The zero-order valence-corrected chi connectivity index (χ0v) is 22.2. The van der Waals surface area contributed by atoms with Crippen molar-refractivity contribution >= 4 is 40.6 Å². The molecule has 10 nitrogen and oxygen atoms in total. The van der Waals surface area contributed by atoms with Crippen LogP contribution in [0.4, 0.5) is 11.4 Å². The van der Waals surface area contributed by atoms with E-state index in [1.807, 2.05) is 40.1 Å². The largest absolute Gasteiger partial charge is 0.366 e. The third-order valence-corrected chi connectivity index (χ3v) is 7.72. The molecular weight excluding hydrogens is 502 g/mol. The number of carbonyl (C=O) groups excluding carboxylic acids is 3. The molecule has 11 heteroatoms. The molecule has 38 heavy (non-hydrogen) atoms. The Morgan fingerprint density at radius 1 is 0.868 bits per heavy atom. The molecule has 2 N–H and O–H groups in total. The van der Waals surface area contributed by atoms with Crippen molar-refractivity contribution in [3.63, 3.8) is 0 Å². The number of nitrogens with one attached hydrogen (secondary N) is 2. The van der Waals surface area contributed by atoms with Crippen LogP contribution in [0.2, 0.25) is 0 Å². The number of benzene rings is 2. The van der Waals surface area contributed by atoms with Crippen LogP contribution in [-0.4, -0.2) is 89.5 Å². The van der Waals surface area contributed by atoms with Gasteiger partial charge in [-0.15, -0.1) is 5.10 Å². The maximum Gasteiger partial charge on any atom is 0.267 e. The van der Waals surface area contributed by atoms with Gasteiger partial charge in [-0.2, -0.15) is 0 Å². The Labute approximate surface area is 225 Å². The topological polar surface area (TPSA) is 111 Å². The molecule has 1 aromatic heterocycles. The quantitative estimate of drug-likeness (QED) is 0.519. The highest BCUT2D eigenvalue weighted by Gasteiger charge is 2.27. The van der Waals surface area contributed by atoms with Crippen LogP contribution in [0.15, 0.2) is 48.5 Å². The standard InChI is InChI=1S/C27H31N7O3S/c1-19-24(38-31-30-19)27(37)34-16-14-32(15-17-34)23-9-8-21(26(36)33-12-5-10-28-11-13-33)18-22(23)29-25(35)20-6-3-2-4-7-20/h2-4,6-9,18,28H,5,10-17H2,1H3,(H,29,35). The minimum Gasteiger partial charge on any atom is -0.366 e. The fraction of sp³-hybridized carbons (Fsp3) is 0.370. The van der Waals surface area contributed by atoms with Gasteiger partial charge < -0.3 is 25.3 Å². The van der Waals surface area contributed by atoms with Crippen molar-refractivity contribution in [1.82, 2.24) is 24.7 Å². The molecule has 3 aromatic rings. The van der Waals surface area contributed by atoms with Gasteiger partial charge in [0.15, 0.2) is 0 Å². The van der Waals surface area contributed by atoms with Crippen LogP contribution in [0.25, 0.3) is 0 Å². The molecule has 2 aliphatic rings. The number of aromatic nitrogens is 2. The summed E-state index contributed by atoms with van der Waals surface area (Å²) in [7, 11) is 0. The third-order valence-electron chi connectivity index (χ3n) is 6.91. The summed E-state index contributed by atoms with van der Waals surface area (Å²) in [5, 5.41) is 10.3. The number of aryl methyl sites for hydroxylation is 1. The molecule has 0 saturated carbocycles. The second-order valence-corrected chi connectivity index (χ2v) is 10.2. The van der Waals surface area contributed by atoms with E-state index in [0.717, 1.165) is 36.7 Å². The summed E-state index contributed by atoms with van der Waals surface area (Å²) in [4.78, 5) is 45.7. The van der Waals surface area contributed by atoms with Crippen LogP contribution in [0, 0.1) is 6.92 Å². The van der Waals surface area contributed by atoms with Gasteiger partial charge in [-0.1, -0.05) is 22.7 Å². The predicted octanol–water partition coefficient (Wildman–Crippen LogP) is 2.50. The molecule has 3 heterocycles. The highest BCUT2D eigenvalue weighted by Crippen LogP contribution is 2.30. The van der Waals surface area contributed by atoms with E-state index in [1.54, 1.807) is 25.1 Å². The summed E-state index contributed by atoms with van der Waals surface area (Å²) < 4.78 is 3.88. The lowest BCUT2D eigenvalue weighted by molar-refractivity contribution is 0.0747. The zero-order chi connectivity index (χ0) is 26.5. The van der Waals surface area contributed by atoms with Crippen LogP contribution < -0.4 is 15.5 Å². The number of carbonyl (C=O) groups is 3. The highest BCUT2D eigenvalue weighted by molar-refractivity contribution is 7.07. The number of amides is 3. The molecule has 0 bridgehead atoms. The first-order chi connectivity index (χ1) is 18.5. The van der Waals surface area contributed by atoms with E-state index in [0.29, 0.717) is 66.7 Å². The number of piperazine rings is 1. The summed E-state index contributed by atoms with van der Waals surface area (Å²) in [5.74, 6) is -0.334. The fourth-order valence-corrected chi connectivity index (χ4v) is 5.41. The Morgan fingerprint density at radius 3 is 2.37 bits per heavy atom. The monoisotopic (exact) mass is 533 g/mol. The molecule has 198 valence electrons. The number of rotatable bonds is 5. The molecule has 0 unspecified atom stereocenters. The minimum absolute atomic E-state index is 0.0422. The Hall–Kier alpha value is -3.83. The van der Waals surface area contributed by atoms with Gasteiger partial charge in [0.25, 0.3) is 17.7 Å².